The molecule has 0 saturated carbocycles. The molecule has 0 spiro atoms. The molecular formula is C27H30N6O. The summed E-state index contributed by atoms with van der Waals surface area (Å²) < 4.78 is 2.19. The normalized spacial score (nSPS) is 15.0. The summed E-state index contributed by atoms with van der Waals surface area (Å²) in [6.45, 7) is 5.55. The van der Waals surface area contributed by atoms with Crippen LogP contribution < -0.4 is 5.32 Å². The van der Waals surface area contributed by atoms with Gasteiger partial charge >= 0.3 is 0 Å². The van der Waals surface area contributed by atoms with Gasteiger partial charge in [0.1, 0.15) is 5.82 Å². The number of carbonyl (C=O) groups excluding carboxylic acids is 1. The van der Waals surface area contributed by atoms with Gasteiger partial charge in [0.25, 0.3) is 0 Å². The van der Waals surface area contributed by atoms with Crippen LogP contribution in [0.5, 0.6) is 0 Å². The van der Waals surface area contributed by atoms with Crippen LogP contribution in [-0.2, 0) is 30.7 Å². The van der Waals surface area contributed by atoms with Gasteiger partial charge in [-0.3, -0.25) is 14.7 Å². The van der Waals surface area contributed by atoms with Gasteiger partial charge in [-0.05, 0) is 42.7 Å². The molecule has 174 valence electrons. The van der Waals surface area contributed by atoms with E-state index in [9.17, 15) is 4.79 Å². The first-order valence-electron chi connectivity index (χ1n) is 12.0. The number of hydrogen-bond acceptors (Lipinski definition) is 5. The molecule has 1 aliphatic rings. The lowest BCUT2D eigenvalue weighted by Gasteiger charge is -2.20. The van der Waals surface area contributed by atoms with Crippen molar-refractivity contribution in [2.75, 3.05) is 13.1 Å². The molecule has 1 N–H and O–H groups in total. The topological polar surface area (TPSA) is 75.9 Å². The summed E-state index contributed by atoms with van der Waals surface area (Å²) in [5, 5.41) is 13.2. The first-order valence-corrected chi connectivity index (χ1v) is 12.0. The lowest BCUT2D eigenvalue weighted by atomic mass is 10.1. The van der Waals surface area contributed by atoms with Crippen LogP contribution in [0.1, 0.15) is 42.2 Å². The van der Waals surface area contributed by atoms with Crippen LogP contribution in [0.25, 0.3) is 10.9 Å². The van der Waals surface area contributed by atoms with Gasteiger partial charge in [0.2, 0.25) is 5.91 Å². The Kier molecular flexibility index (Phi) is 6.62. The van der Waals surface area contributed by atoms with Gasteiger partial charge < -0.3 is 9.88 Å². The number of fused-ring (bicyclic) bond motifs is 2. The predicted molar refractivity (Wildman–Crippen MR) is 132 cm³/mol. The lowest BCUT2D eigenvalue weighted by Crippen LogP contribution is -2.30. The van der Waals surface area contributed by atoms with Gasteiger partial charge in [0, 0.05) is 50.6 Å². The second-order valence-corrected chi connectivity index (χ2v) is 8.96. The molecule has 4 aromatic rings. The molecule has 0 unspecified atom stereocenters. The van der Waals surface area contributed by atoms with Crippen LogP contribution in [0.4, 0.5) is 0 Å². The van der Waals surface area contributed by atoms with E-state index in [4.69, 9.17) is 0 Å². The SMILES string of the molecule is C[C@H](NC(=O)CCc1ccccc1)c1nnc2n1CCN(Cc1ccc3ncccc3c1)CC2. The number of amides is 1. The van der Waals surface area contributed by atoms with Crippen LogP contribution in [0.3, 0.4) is 0 Å². The number of aromatic nitrogens is 4. The van der Waals surface area contributed by atoms with Gasteiger partial charge in [-0.1, -0.05) is 42.5 Å². The average Bonchev–Trinajstić information content (AvgIpc) is 3.18. The largest absolute Gasteiger partial charge is 0.346 e. The van der Waals surface area contributed by atoms with Crippen molar-refractivity contribution in [3.63, 3.8) is 0 Å². The van der Waals surface area contributed by atoms with Gasteiger partial charge in [0.15, 0.2) is 5.82 Å². The van der Waals surface area contributed by atoms with E-state index in [0.29, 0.717) is 6.42 Å². The number of carbonyl (C=O) groups is 1. The van der Waals surface area contributed by atoms with Gasteiger partial charge in [-0.25, -0.2) is 0 Å². The maximum Gasteiger partial charge on any atom is 0.220 e. The first-order chi connectivity index (χ1) is 16.7. The standard InChI is InChI=1S/C27H30N6O/c1-20(29-26(34)12-10-21-6-3-2-4-7-21)27-31-30-25-13-15-32(16-17-33(25)27)19-22-9-11-24-23(18-22)8-5-14-28-24/h2-9,11,14,18,20H,10,12-13,15-17,19H2,1H3,(H,29,34)/t20-/m0/s1. The molecule has 0 fully saturated rings. The Morgan fingerprint density at radius 1 is 1.00 bits per heavy atom. The van der Waals surface area contributed by atoms with Gasteiger partial charge in [-0.15, -0.1) is 10.2 Å². The van der Waals surface area contributed by atoms with Crippen LogP contribution in [0.2, 0.25) is 0 Å². The van der Waals surface area contributed by atoms with Crippen molar-refractivity contribution in [2.24, 2.45) is 0 Å². The van der Waals surface area contributed by atoms with Crippen molar-refractivity contribution in [2.45, 2.75) is 45.3 Å². The van der Waals surface area contributed by atoms with E-state index in [2.05, 4.69) is 66.4 Å². The molecule has 0 saturated heterocycles. The summed E-state index contributed by atoms with van der Waals surface area (Å²) in [6, 6.07) is 20.5. The molecule has 34 heavy (non-hydrogen) atoms. The van der Waals surface area contributed by atoms with E-state index in [0.717, 1.165) is 56.2 Å². The highest BCUT2D eigenvalue weighted by atomic mass is 16.1. The second kappa shape index (κ2) is 10.1. The molecule has 0 radical (unpaired) electrons. The van der Waals surface area contributed by atoms with E-state index in [1.807, 2.05) is 37.4 Å². The molecule has 0 aliphatic carbocycles. The molecule has 1 amide bonds. The molecule has 1 aliphatic heterocycles. The third kappa shape index (κ3) is 5.15. The Morgan fingerprint density at radius 2 is 1.88 bits per heavy atom. The molecule has 7 heteroatoms. The molecular weight excluding hydrogens is 424 g/mol. The van der Waals surface area contributed by atoms with E-state index in [1.54, 1.807) is 0 Å². The van der Waals surface area contributed by atoms with E-state index < -0.39 is 0 Å². The van der Waals surface area contributed by atoms with Crippen molar-refractivity contribution in [3.05, 3.63) is 89.6 Å². The number of rotatable bonds is 7. The van der Waals surface area contributed by atoms with Crippen molar-refractivity contribution in [1.29, 1.82) is 0 Å². The fourth-order valence-corrected chi connectivity index (χ4v) is 4.63. The van der Waals surface area contributed by atoms with E-state index >= 15 is 0 Å². The van der Waals surface area contributed by atoms with Gasteiger partial charge in [0.05, 0.1) is 11.6 Å². The Bertz CT molecular complexity index is 1270. The number of nitrogens with zero attached hydrogens (tertiary/aromatic N) is 5. The van der Waals surface area contributed by atoms with Crippen molar-refractivity contribution in [3.8, 4) is 0 Å². The number of aryl methyl sites for hydroxylation is 1. The summed E-state index contributed by atoms with van der Waals surface area (Å²) >= 11 is 0. The summed E-state index contributed by atoms with van der Waals surface area (Å²) in [5.74, 6) is 1.86. The lowest BCUT2D eigenvalue weighted by molar-refractivity contribution is -0.121. The maximum atomic E-state index is 12.5. The molecule has 7 nitrogen and oxygen atoms in total. The number of pyridine rings is 1. The Labute approximate surface area is 199 Å². The smallest absolute Gasteiger partial charge is 0.220 e. The molecule has 3 heterocycles. The Hall–Kier alpha value is -3.58. The summed E-state index contributed by atoms with van der Waals surface area (Å²) in [4.78, 5) is 19.4. The summed E-state index contributed by atoms with van der Waals surface area (Å²) in [7, 11) is 0. The highest BCUT2D eigenvalue weighted by molar-refractivity contribution is 5.79. The zero-order valence-electron chi connectivity index (χ0n) is 19.5. The summed E-state index contributed by atoms with van der Waals surface area (Å²) in [5.41, 5.74) is 3.49. The maximum absolute atomic E-state index is 12.5. The van der Waals surface area contributed by atoms with Gasteiger partial charge in [-0.2, -0.15) is 0 Å². The summed E-state index contributed by atoms with van der Waals surface area (Å²) in [6.07, 6.45) is 3.87. The second-order valence-electron chi connectivity index (χ2n) is 8.96. The zero-order chi connectivity index (χ0) is 23.3. The monoisotopic (exact) mass is 454 g/mol. The molecule has 2 aromatic carbocycles. The number of nitrogens with one attached hydrogen (secondary N) is 1. The van der Waals surface area contributed by atoms with Crippen molar-refractivity contribution >= 4 is 16.8 Å². The van der Waals surface area contributed by atoms with E-state index in [-0.39, 0.29) is 11.9 Å². The number of hydrogen-bond donors (Lipinski definition) is 1. The molecule has 1 atom stereocenters. The average molecular weight is 455 g/mol. The third-order valence-corrected chi connectivity index (χ3v) is 6.47. The van der Waals surface area contributed by atoms with E-state index in [1.165, 1.54) is 16.5 Å². The highest BCUT2D eigenvalue weighted by Gasteiger charge is 2.22. The quantitative estimate of drug-likeness (QED) is 0.461. The highest BCUT2D eigenvalue weighted by Crippen LogP contribution is 2.19. The first kappa shape index (κ1) is 22.2. The molecule has 5 rings (SSSR count). The minimum Gasteiger partial charge on any atom is -0.346 e. The van der Waals surface area contributed by atoms with Crippen LogP contribution in [-0.4, -0.2) is 43.6 Å². The minimum atomic E-state index is -0.177. The predicted octanol–water partition coefficient (Wildman–Crippen LogP) is 3.69. The minimum absolute atomic E-state index is 0.0368. The van der Waals surface area contributed by atoms with Crippen molar-refractivity contribution in [1.82, 2.24) is 30.0 Å². The van der Waals surface area contributed by atoms with Crippen LogP contribution in [0.15, 0.2) is 66.9 Å². The molecule has 0 bridgehead atoms. The third-order valence-electron chi connectivity index (χ3n) is 6.47. The molecule has 2 aromatic heterocycles. The fourth-order valence-electron chi connectivity index (χ4n) is 4.63. The van der Waals surface area contributed by atoms with Crippen LogP contribution >= 0.6 is 0 Å². The van der Waals surface area contributed by atoms with Crippen LogP contribution in [0, 0.1) is 0 Å². The Morgan fingerprint density at radius 3 is 2.76 bits per heavy atom. The van der Waals surface area contributed by atoms with Crippen molar-refractivity contribution < 1.29 is 4.79 Å². The Balaban J connectivity index is 1.19. The fraction of sp³-hybridized carbons (Fsp3) is 0.333. The zero-order valence-corrected chi connectivity index (χ0v) is 19.5. The number of benzene rings is 2.